The third-order valence-electron chi connectivity index (χ3n) is 3.15. The second-order valence-corrected chi connectivity index (χ2v) is 5.89. The number of benzene rings is 1. The Hall–Kier alpha value is -2.99. The van der Waals surface area contributed by atoms with Crippen LogP contribution in [0.3, 0.4) is 0 Å². The zero-order chi connectivity index (χ0) is 16.8. The van der Waals surface area contributed by atoms with Crippen molar-refractivity contribution in [3.05, 3.63) is 71.1 Å². The summed E-state index contributed by atoms with van der Waals surface area (Å²) in [5, 5.41) is 4.72. The fourth-order valence-corrected chi connectivity index (χ4v) is 2.99. The monoisotopic (exact) mass is 337 g/mol. The van der Waals surface area contributed by atoms with Crippen LogP contribution in [-0.4, -0.2) is 17.1 Å². The summed E-state index contributed by atoms with van der Waals surface area (Å²) < 4.78 is 5.15. The van der Waals surface area contributed by atoms with Crippen molar-refractivity contribution in [3.8, 4) is 10.6 Å². The van der Waals surface area contributed by atoms with Gasteiger partial charge in [0.1, 0.15) is 15.6 Å². The largest absolute Gasteiger partial charge is 0.465 e. The van der Waals surface area contributed by atoms with Gasteiger partial charge in [0.2, 0.25) is 0 Å². The van der Waals surface area contributed by atoms with Crippen LogP contribution in [0.5, 0.6) is 0 Å². The molecule has 0 atom stereocenters. The maximum Gasteiger partial charge on any atom is 0.283 e. The molecule has 0 bridgehead atoms. The van der Waals surface area contributed by atoms with E-state index in [-0.39, 0.29) is 5.91 Å². The van der Waals surface area contributed by atoms with Crippen LogP contribution in [0.15, 0.2) is 64.3 Å². The molecule has 2 aromatic heterocycles. The lowest BCUT2D eigenvalue weighted by molar-refractivity contribution is 0.0958. The van der Waals surface area contributed by atoms with Gasteiger partial charge < -0.3 is 4.42 Å². The van der Waals surface area contributed by atoms with Crippen molar-refractivity contribution in [2.45, 2.75) is 6.92 Å². The molecular weight excluding hydrogens is 322 g/mol. The summed E-state index contributed by atoms with van der Waals surface area (Å²) in [7, 11) is 0. The standard InChI is InChI=1S/C18H15N3O2S/c1-13-16(24-18(20-13)14-7-3-2-4-8-14)17(22)21-19-11-5-9-15-10-6-12-23-15/h2-12H,1H3,(H,21,22)/b9-5+,19-11+. The van der Waals surface area contributed by atoms with Crippen LogP contribution in [0.1, 0.15) is 21.1 Å². The fraction of sp³-hybridized carbons (Fsp3) is 0.0556. The van der Waals surface area contributed by atoms with Gasteiger partial charge in [-0.1, -0.05) is 30.3 Å². The molecule has 0 saturated carbocycles. The first-order valence-corrected chi connectivity index (χ1v) is 8.12. The number of furan rings is 1. The molecule has 0 aliphatic rings. The minimum Gasteiger partial charge on any atom is -0.465 e. The Kier molecular flexibility index (Phi) is 4.98. The zero-order valence-electron chi connectivity index (χ0n) is 13.0. The second kappa shape index (κ2) is 7.52. The summed E-state index contributed by atoms with van der Waals surface area (Å²) in [6.07, 6.45) is 6.53. The maximum absolute atomic E-state index is 12.2. The van der Waals surface area contributed by atoms with Crippen LogP contribution < -0.4 is 5.43 Å². The summed E-state index contributed by atoms with van der Waals surface area (Å²) in [5.74, 6) is 0.452. The highest BCUT2D eigenvalue weighted by Crippen LogP contribution is 2.27. The Morgan fingerprint density at radius 3 is 2.83 bits per heavy atom. The summed E-state index contributed by atoms with van der Waals surface area (Å²) in [6.45, 7) is 1.82. The molecule has 0 aliphatic heterocycles. The number of aromatic nitrogens is 1. The molecule has 3 aromatic rings. The molecule has 1 N–H and O–H groups in total. The van der Waals surface area contributed by atoms with E-state index in [0.29, 0.717) is 10.6 Å². The topological polar surface area (TPSA) is 67.5 Å². The molecule has 1 amide bonds. The number of amides is 1. The Bertz CT molecular complexity index is 865. The molecular formula is C18H15N3O2S. The van der Waals surface area contributed by atoms with Crippen molar-refractivity contribution in [2.24, 2.45) is 5.10 Å². The van der Waals surface area contributed by atoms with Gasteiger partial charge in [0.15, 0.2) is 0 Å². The van der Waals surface area contributed by atoms with E-state index in [4.69, 9.17) is 4.42 Å². The molecule has 3 rings (SSSR count). The number of hydrogen-bond donors (Lipinski definition) is 1. The van der Waals surface area contributed by atoms with Gasteiger partial charge in [-0.05, 0) is 31.2 Å². The van der Waals surface area contributed by atoms with Crippen LogP contribution >= 0.6 is 11.3 Å². The SMILES string of the molecule is Cc1nc(-c2ccccc2)sc1C(=O)N/N=C/C=C/c1ccco1. The molecule has 0 fully saturated rings. The zero-order valence-corrected chi connectivity index (χ0v) is 13.8. The lowest BCUT2D eigenvalue weighted by Crippen LogP contribution is -2.16. The highest BCUT2D eigenvalue weighted by Gasteiger charge is 2.15. The number of hydrogen-bond acceptors (Lipinski definition) is 5. The van der Waals surface area contributed by atoms with Crippen molar-refractivity contribution in [3.63, 3.8) is 0 Å². The molecule has 1 aromatic carbocycles. The van der Waals surface area contributed by atoms with Gasteiger partial charge in [-0.2, -0.15) is 5.10 Å². The van der Waals surface area contributed by atoms with Gasteiger partial charge in [-0.25, -0.2) is 10.4 Å². The van der Waals surface area contributed by atoms with E-state index >= 15 is 0 Å². The van der Waals surface area contributed by atoms with E-state index in [2.05, 4.69) is 15.5 Å². The van der Waals surface area contributed by atoms with Crippen LogP contribution in [0, 0.1) is 6.92 Å². The fourth-order valence-electron chi connectivity index (χ4n) is 2.02. The third kappa shape index (κ3) is 3.85. The highest BCUT2D eigenvalue weighted by atomic mass is 32.1. The van der Waals surface area contributed by atoms with Crippen LogP contribution in [-0.2, 0) is 0 Å². The lowest BCUT2D eigenvalue weighted by Gasteiger charge is -1.95. The first-order valence-electron chi connectivity index (χ1n) is 7.30. The molecule has 6 heteroatoms. The molecule has 24 heavy (non-hydrogen) atoms. The second-order valence-electron chi connectivity index (χ2n) is 4.89. The van der Waals surface area contributed by atoms with E-state index in [1.807, 2.05) is 43.3 Å². The number of thiazole rings is 1. The summed E-state index contributed by atoms with van der Waals surface area (Å²) >= 11 is 1.35. The molecule has 0 saturated heterocycles. The van der Waals surface area contributed by atoms with Gasteiger partial charge in [-0.3, -0.25) is 4.79 Å². The Morgan fingerprint density at radius 2 is 2.08 bits per heavy atom. The van der Waals surface area contributed by atoms with Gasteiger partial charge in [0.05, 0.1) is 12.0 Å². The predicted octanol–water partition coefficient (Wildman–Crippen LogP) is 4.14. The van der Waals surface area contributed by atoms with Crippen molar-refractivity contribution >= 4 is 29.5 Å². The first-order chi connectivity index (χ1) is 11.7. The number of nitrogens with one attached hydrogen (secondary N) is 1. The average molecular weight is 337 g/mol. The maximum atomic E-state index is 12.2. The molecule has 0 spiro atoms. The molecule has 0 aliphatic carbocycles. The van der Waals surface area contributed by atoms with E-state index < -0.39 is 0 Å². The van der Waals surface area contributed by atoms with E-state index in [1.54, 1.807) is 24.5 Å². The molecule has 120 valence electrons. The Balaban J connectivity index is 1.64. The quantitative estimate of drug-likeness (QED) is 0.562. The average Bonchev–Trinajstić information content (AvgIpc) is 3.25. The van der Waals surface area contributed by atoms with Crippen LogP contribution in [0.25, 0.3) is 16.6 Å². The van der Waals surface area contributed by atoms with Crippen LogP contribution in [0.4, 0.5) is 0 Å². The highest BCUT2D eigenvalue weighted by molar-refractivity contribution is 7.17. The summed E-state index contributed by atoms with van der Waals surface area (Å²) in [4.78, 5) is 17.2. The number of rotatable bonds is 5. The summed E-state index contributed by atoms with van der Waals surface area (Å²) in [6, 6.07) is 13.4. The summed E-state index contributed by atoms with van der Waals surface area (Å²) in [5.41, 5.74) is 4.19. The number of allylic oxidation sites excluding steroid dienone is 1. The molecule has 5 nitrogen and oxygen atoms in total. The lowest BCUT2D eigenvalue weighted by atomic mass is 10.2. The number of nitrogens with zero attached hydrogens (tertiary/aromatic N) is 2. The number of carbonyl (C=O) groups is 1. The van der Waals surface area contributed by atoms with Gasteiger partial charge >= 0.3 is 0 Å². The molecule has 2 heterocycles. The molecule has 0 unspecified atom stereocenters. The third-order valence-corrected chi connectivity index (χ3v) is 4.36. The van der Waals surface area contributed by atoms with Crippen molar-refractivity contribution in [1.29, 1.82) is 0 Å². The minimum atomic E-state index is -0.269. The number of aryl methyl sites for hydroxylation is 1. The number of carbonyl (C=O) groups excluding carboxylic acids is 1. The Morgan fingerprint density at radius 1 is 1.25 bits per heavy atom. The van der Waals surface area contributed by atoms with Crippen molar-refractivity contribution in [2.75, 3.05) is 0 Å². The smallest absolute Gasteiger partial charge is 0.283 e. The normalized spacial score (nSPS) is 11.4. The Labute approximate surface area is 143 Å². The van der Waals surface area contributed by atoms with E-state index in [9.17, 15) is 4.79 Å². The minimum absolute atomic E-state index is 0.269. The van der Waals surface area contributed by atoms with Gasteiger partial charge in [-0.15, -0.1) is 11.3 Å². The first kappa shape index (κ1) is 15.9. The van der Waals surface area contributed by atoms with Gasteiger partial charge in [0.25, 0.3) is 5.91 Å². The number of hydrazone groups is 1. The van der Waals surface area contributed by atoms with E-state index in [1.165, 1.54) is 17.6 Å². The van der Waals surface area contributed by atoms with E-state index in [0.717, 1.165) is 16.3 Å². The van der Waals surface area contributed by atoms with Crippen molar-refractivity contribution < 1.29 is 9.21 Å². The van der Waals surface area contributed by atoms with Crippen LogP contribution in [0.2, 0.25) is 0 Å². The molecule has 0 radical (unpaired) electrons. The predicted molar refractivity (Wildman–Crippen MR) is 96.0 cm³/mol. The van der Waals surface area contributed by atoms with Crippen molar-refractivity contribution in [1.82, 2.24) is 10.4 Å². The van der Waals surface area contributed by atoms with Gasteiger partial charge in [0, 0.05) is 11.8 Å².